The molecular weight excluding hydrogens is 240 g/mol. The van der Waals surface area contributed by atoms with Crippen molar-refractivity contribution in [2.45, 2.75) is 37.8 Å². The number of amides is 1. The number of hydrogen-bond donors (Lipinski definition) is 2. The normalized spacial score (nSPS) is 23.3. The van der Waals surface area contributed by atoms with Crippen LogP contribution in [0.1, 0.15) is 31.2 Å². The van der Waals surface area contributed by atoms with E-state index in [4.69, 9.17) is 4.74 Å². The molecule has 4 heteroatoms. The van der Waals surface area contributed by atoms with Crippen molar-refractivity contribution >= 4 is 5.91 Å². The van der Waals surface area contributed by atoms with Gasteiger partial charge in [-0.05, 0) is 43.4 Å². The minimum Gasteiger partial charge on any atom is -0.497 e. The standard InChI is InChI=1S/C15H22N2O2/c1-10(15(18)16-2)17-13-7-12(8-13)11-5-4-6-14(9-11)19-3/h4-6,9-10,12-13,17H,7-8H2,1-3H3,(H,16,18). The summed E-state index contributed by atoms with van der Waals surface area (Å²) in [5.74, 6) is 1.53. The van der Waals surface area contributed by atoms with Gasteiger partial charge in [0.05, 0.1) is 13.2 Å². The molecule has 1 saturated carbocycles. The summed E-state index contributed by atoms with van der Waals surface area (Å²) in [4.78, 5) is 11.4. The van der Waals surface area contributed by atoms with Gasteiger partial charge in [-0.1, -0.05) is 12.1 Å². The number of methoxy groups -OCH3 is 1. The van der Waals surface area contributed by atoms with Crippen LogP contribution < -0.4 is 15.4 Å². The van der Waals surface area contributed by atoms with Gasteiger partial charge in [0, 0.05) is 13.1 Å². The predicted molar refractivity (Wildman–Crippen MR) is 75.4 cm³/mol. The zero-order valence-corrected chi connectivity index (χ0v) is 11.8. The highest BCUT2D eigenvalue weighted by Gasteiger charge is 2.32. The van der Waals surface area contributed by atoms with Crippen LogP contribution in [0.2, 0.25) is 0 Å². The average Bonchev–Trinajstić information content (AvgIpc) is 2.41. The second-order valence-electron chi connectivity index (χ2n) is 5.14. The predicted octanol–water partition coefficient (Wildman–Crippen LogP) is 1.67. The smallest absolute Gasteiger partial charge is 0.236 e. The van der Waals surface area contributed by atoms with Gasteiger partial charge in [0.25, 0.3) is 0 Å². The van der Waals surface area contributed by atoms with E-state index in [-0.39, 0.29) is 11.9 Å². The van der Waals surface area contributed by atoms with Gasteiger partial charge in [-0.2, -0.15) is 0 Å². The lowest BCUT2D eigenvalue weighted by Crippen LogP contribution is -2.50. The number of hydrogen-bond acceptors (Lipinski definition) is 3. The van der Waals surface area contributed by atoms with E-state index in [9.17, 15) is 4.79 Å². The zero-order chi connectivity index (χ0) is 13.8. The fraction of sp³-hybridized carbons (Fsp3) is 0.533. The molecule has 19 heavy (non-hydrogen) atoms. The van der Waals surface area contributed by atoms with E-state index >= 15 is 0 Å². The molecule has 1 aromatic carbocycles. The van der Waals surface area contributed by atoms with Crippen molar-refractivity contribution in [3.05, 3.63) is 29.8 Å². The molecule has 0 heterocycles. The number of carbonyl (C=O) groups is 1. The molecular formula is C15H22N2O2. The first kappa shape index (κ1) is 13.9. The quantitative estimate of drug-likeness (QED) is 0.848. The van der Waals surface area contributed by atoms with Crippen LogP contribution in [0, 0.1) is 0 Å². The maximum absolute atomic E-state index is 11.4. The molecule has 1 fully saturated rings. The van der Waals surface area contributed by atoms with Crippen LogP contribution in [-0.2, 0) is 4.79 Å². The second kappa shape index (κ2) is 6.06. The third-order valence-corrected chi connectivity index (χ3v) is 3.83. The highest BCUT2D eigenvalue weighted by Crippen LogP contribution is 2.38. The van der Waals surface area contributed by atoms with E-state index in [0.29, 0.717) is 12.0 Å². The van der Waals surface area contributed by atoms with Gasteiger partial charge in [-0.25, -0.2) is 0 Å². The number of likely N-dealkylation sites (N-methyl/N-ethyl adjacent to an activating group) is 1. The van der Waals surface area contributed by atoms with E-state index in [1.165, 1.54) is 5.56 Å². The monoisotopic (exact) mass is 262 g/mol. The molecule has 0 spiro atoms. The Morgan fingerprint density at radius 1 is 1.42 bits per heavy atom. The van der Waals surface area contributed by atoms with Crippen LogP contribution in [0.5, 0.6) is 5.75 Å². The molecule has 2 N–H and O–H groups in total. The molecule has 1 aliphatic carbocycles. The molecule has 0 saturated heterocycles. The van der Waals surface area contributed by atoms with E-state index in [2.05, 4.69) is 22.8 Å². The van der Waals surface area contributed by atoms with Crippen molar-refractivity contribution in [2.75, 3.05) is 14.2 Å². The van der Waals surface area contributed by atoms with E-state index < -0.39 is 0 Å². The van der Waals surface area contributed by atoms with Crippen molar-refractivity contribution in [3.8, 4) is 5.75 Å². The summed E-state index contributed by atoms with van der Waals surface area (Å²) in [5.41, 5.74) is 1.32. The Morgan fingerprint density at radius 3 is 2.79 bits per heavy atom. The molecule has 4 nitrogen and oxygen atoms in total. The number of rotatable bonds is 5. The maximum atomic E-state index is 11.4. The van der Waals surface area contributed by atoms with E-state index in [1.54, 1.807) is 14.2 Å². The lowest BCUT2D eigenvalue weighted by Gasteiger charge is -2.37. The van der Waals surface area contributed by atoms with Gasteiger partial charge in [-0.3, -0.25) is 4.79 Å². The molecule has 0 bridgehead atoms. The summed E-state index contributed by atoms with van der Waals surface area (Å²) in [6.07, 6.45) is 2.16. The molecule has 1 amide bonds. The van der Waals surface area contributed by atoms with Crippen LogP contribution in [-0.4, -0.2) is 32.1 Å². The molecule has 1 unspecified atom stereocenters. The molecule has 2 rings (SSSR count). The molecule has 1 aliphatic rings. The number of nitrogens with one attached hydrogen (secondary N) is 2. The molecule has 1 atom stereocenters. The van der Waals surface area contributed by atoms with Gasteiger partial charge in [0.15, 0.2) is 0 Å². The van der Waals surface area contributed by atoms with Gasteiger partial charge in [0.2, 0.25) is 5.91 Å². The Labute approximate surface area is 114 Å². The third kappa shape index (κ3) is 3.26. The minimum absolute atomic E-state index is 0.0461. The molecule has 0 radical (unpaired) electrons. The first-order valence-electron chi connectivity index (χ1n) is 6.75. The van der Waals surface area contributed by atoms with Crippen LogP contribution in [0.4, 0.5) is 0 Å². The summed E-state index contributed by atoms with van der Waals surface area (Å²) >= 11 is 0. The van der Waals surface area contributed by atoms with E-state index in [0.717, 1.165) is 18.6 Å². The summed E-state index contributed by atoms with van der Waals surface area (Å²) in [6, 6.07) is 8.55. The largest absolute Gasteiger partial charge is 0.497 e. The Balaban J connectivity index is 1.84. The third-order valence-electron chi connectivity index (χ3n) is 3.83. The fourth-order valence-electron chi connectivity index (χ4n) is 2.57. The number of benzene rings is 1. The van der Waals surface area contributed by atoms with Crippen molar-refractivity contribution in [1.82, 2.24) is 10.6 Å². The summed E-state index contributed by atoms with van der Waals surface area (Å²) in [6.45, 7) is 1.90. The molecule has 0 aliphatic heterocycles. The highest BCUT2D eigenvalue weighted by molar-refractivity contribution is 5.80. The Hall–Kier alpha value is -1.55. The minimum atomic E-state index is -0.124. The number of ether oxygens (including phenoxy) is 1. The fourth-order valence-corrected chi connectivity index (χ4v) is 2.57. The van der Waals surface area contributed by atoms with E-state index in [1.807, 2.05) is 19.1 Å². The van der Waals surface area contributed by atoms with Gasteiger partial charge in [0.1, 0.15) is 5.75 Å². The van der Waals surface area contributed by atoms with Crippen LogP contribution in [0.15, 0.2) is 24.3 Å². The van der Waals surface area contributed by atoms with Crippen molar-refractivity contribution in [3.63, 3.8) is 0 Å². The molecule has 1 aromatic rings. The lowest BCUT2D eigenvalue weighted by molar-refractivity contribution is -0.122. The Bertz CT molecular complexity index is 442. The highest BCUT2D eigenvalue weighted by atomic mass is 16.5. The SMILES string of the molecule is CNC(=O)C(C)NC1CC(c2cccc(OC)c2)C1. The van der Waals surface area contributed by atoms with Gasteiger partial charge in [-0.15, -0.1) is 0 Å². The number of carbonyl (C=O) groups excluding carboxylic acids is 1. The first-order chi connectivity index (χ1) is 9.13. The average molecular weight is 262 g/mol. The first-order valence-corrected chi connectivity index (χ1v) is 6.75. The molecule has 0 aromatic heterocycles. The van der Waals surface area contributed by atoms with Crippen LogP contribution >= 0.6 is 0 Å². The maximum Gasteiger partial charge on any atom is 0.236 e. The summed E-state index contributed by atoms with van der Waals surface area (Å²) in [5, 5.41) is 6.01. The van der Waals surface area contributed by atoms with Crippen molar-refractivity contribution in [1.29, 1.82) is 0 Å². The lowest BCUT2D eigenvalue weighted by atomic mass is 9.75. The summed E-state index contributed by atoms with van der Waals surface area (Å²) < 4.78 is 5.24. The van der Waals surface area contributed by atoms with Crippen LogP contribution in [0.3, 0.4) is 0 Å². The van der Waals surface area contributed by atoms with Crippen molar-refractivity contribution < 1.29 is 9.53 Å². The molecule has 104 valence electrons. The van der Waals surface area contributed by atoms with Gasteiger partial charge < -0.3 is 15.4 Å². The summed E-state index contributed by atoms with van der Waals surface area (Å²) in [7, 11) is 3.36. The Morgan fingerprint density at radius 2 is 2.16 bits per heavy atom. The van der Waals surface area contributed by atoms with Crippen LogP contribution in [0.25, 0.3) is 0 Å². The second-order valence-corrected chi connectivity index (χ2v) is 5.14. The van der Waals surface area contributed by atoms with Crippen molar-refractivity contribution in [2.24, 2.45) is 0 Å². The topological polar surface area (TPSA) is 50.4 Å². The zero-order valence-electron chi connectivity index (χ0n) is 11.8. The van der Waals surface area contributed by atoms with Gasteiger partial charge >= 0.3 is 0 Å². The Kier molecular flexibility index (Phi) is 4.43.